The summed E-state index contributed by atoms with van der Waals surface area (Å²) in [6, 6.07) is 2.17. The third-order valence-electron chi connectivity index (χ3n) is 4.34. The quantitative estimate of drug-likeness (QED) is 0.896. The van der Waals surface area contributed by atoms with Crippen LogP contribution in [0.25, 0.3) is 0 Å². The number of rotatable bonds is 5. The molecular weight excluding hydrogens is 266 g/mol. The molecule has 1 aliphatic carbocycles. The summed E-state index contributed by atoms with van der Waals surface area (Å²) < 4.78 is 5.28. The second-order valence-corrected chi connectivity index (χ2v) is 5.98. The maximum atomic E-state index is 12.9. The van der Waals surface area contributed by atoms with E-state index in [4.69, 9.17) is 4.74 Å². The van der Waals surface area contributed by atoms with Crippen LogP contribution in [-0.2, 0) is 0 Å². The fourth-order valence-corrected chi connectivity index (χ4v) is 3.02. The molecule has 5 nitrogen and oxygen atoms in total. The number of piperidine rings is 1. The van der Waals surface area contributed by atoms with Crippen molar-refractivity contribution in [3.05, 3.63) is 24.0 Å². The monoisotopic (exact) mass is 289 g/mol. The average molecular weight is 289 g/mol. The number of pyridine rings is 1. The van der Waals surface area contributed by atoms with Gasteiger partial charge in [-0.05, 0) is 50.8 Å². The van der Waals surface area contributed by atoms with Gasteiger partial charge in [-0.2, -0.15) is 0 Å². The standard InChI is InChI=1S/C16H23N3O2/c1-21-15-10-18-8-6-14(15)16(20)19(13-4-5-13)11-12-3-2-7-17-9-12/h6,8,10,12-13,17H,2-5,7,9,11H2,1H3. The molecule has 21 heavy (non-hydrogen) atoms. The smallest absolute Gasteiger partial charge is 0.257 e. The SMILES string of the molecule is COc1cnccc1C(=O)N(CC1CCCNC1)C1CC1. The summed E-state index contributed by atoms with van der Waals surface area (Å²) in [5.74, 6) is 1.22. The molecule has 0 bridgehead atoms. The highest BCUT2D eigenvalue weighted by atomic mass is 16.5. The Bertz CT molecular complexity index is 496. The molecule has 3 rings (SSSR count). The minimum Gasteiger partial charge on any atom is -0.494 e. The van der Waals surface area contributed by atoms with Crippen molar-refractivity contribution >= 4 is 5.91 Å². The van der Waals surface area contributed by atoms with Crippen molar-refractivity contribution in [1.29, 1.82) is 0 Å². The molecule has 2 heterocycles. The van der Waals surface area contributed by atoms with Crippen LogP contribution in [0.2, 0.25) is 0 Å². The van der Waals surface area contributed by atoms with Crippen molar-refractivity contribution in [3.63, 3.8) is 0 Å². The van der Waals surface area contributed by atoms with E-state index < -0.39 is 0 Å². The highest BCUT2D eigenvalue weighted by molar-refractivity contribution is 5.97. The molecular formula is C16H23N3O2. The number of hydrogen-bond acceptors (Lipinski definition) is 4. The molecule has 1 saturated heterocycles. The average Bonchev–Trinajstić information content (AvgIpc) is 3.37. The van der Waals surface area contributed by atoms with E-state index in [1.165, 1.54) is 12.8 Å². The van der Waals surface area contributed by atoms with Crippen LogP contribution in [0.3, 0.4) is 0 Å². The van der Waals surface area contributed by atoms with Gasteiger partial charge in [0.1, 0.15) is 5.75 Å². The topological polar surface area (TPSA) is 54.5 Å². The molecule has 1 aromatic rings. The molecule has 0 radical (unpaired) electrons. The highest BCUT2D eigenvalue weighted by Crippen LogP contribution is 2.31. The summed E-state index contributed by atoms with van der Waals surface area (Å²) in [6.45, 7) is 2.97. The first kappa shape index (κ1) is 14.3. The fraction of sp³-hybridized carbons (Fsp3) is 0.625. The predicted molar refractivity (Wildman–Crippen MR) is 80.4 cm³/mol. The number of ether oxygens (including phenoxy) is 1. The molecule has 1 atom stereocenters. The van der Waals surface area contributed by atoms with Gasteiger partial charge in [0, 0.05) is 18.8 Å². The number of hydrogen-bond donors (Lipinski definition) is 1. The lowest BCUT2D eigenvalue weighted by molar-refractivity contribution is 0.0700. The number of carbonyl (C=O) groups excluding carboxylic acids is 1. The molecule has 1 aliphatic heterocycles. The Morgan fingerprint density at radius 2 is 2.33 bits per heavy atom. The van der Waals surface area contributed by atoms with Crippen LogP contribution in [0, 0.1) is 5.92 Å². The van der Waals surface area contributed by atoms with Crippen LogP contribution < -0.4 is 10.1 Å². The van der Waals surface area contributed by atoms with Crippen LogP contribution >= 0.6 is 0 Å². The number of aromatic nitrogens is 1. The van der Waals surface area contributed by atoms with Gasteiger partial charge < -0.3 is 15.0 Å². The molecule has 1 N–H and O–H groups in total. The van der Waals surface area contributed by atoms with Gasteiger partial charge in [0.25, 0.3) is 5.91 Å². The molecule has 1 aromatic heterocycles. The number of nitrogens with one attached hydrogen (secondary N) is 1. The lowest BCUT2D eigenvalue weighted by atomic mass is 9.98. The van der Waals surface area contributed by atoms with Crippen molar-refractivity contribution in [2.45, 2.75) is 31.7 Å². The minimum atomic E-state index is 0.0855. The third-order valence-corrected chi connectivity index (χ3v) is 4.34. The maximum absolute atomic E-state index is 12.9. The van der Waals surface area contributed by atoms with Crippen LogP contribution in [0.1, 0.15) is 36.0 Å². The van der Waals surface area contributed by atoms with E-state index in [2.05, 4.69) is 15.2 Å². The summed E-state index contributed by atoms with van der Waals surface area (Å²) in [4.78, 5) is 19.0. The van der Waals surface area contributed by atoms with Crippen LogP contribution in [0.4, 0.5) is 0 Å². The Labute approximate surface area is 125 Å². The van der Waals surface area contributed by atoms with E-state index in [0.717, 1.165) is 32.5 Å². The van der Waals surface area contributed by atoms with Crippen molar-refractivity contribution in [1.82, 2.24) is 15.2 Å². The zero-order valence-corrected chi connectivity index (χ0v) is 12.5. The Kier molecular flexibility index (Phi) is 4.39. The fourth-order valence-electron chi connectivity index (χ4n) is 3.02. The zero-order valence-electron chi connectivity index (χ0n) is 12.5. The van der Waals surface area contributed by atoms with Gasteiger partial charge in [-0.15, -0.1) is 0 Å². The maximum Gasteiger partial charge on any atom is 0.257 e. The lowest BCUT2D eigenvalue weighted by Crippen LogP contribution is -2.42. The van der Waals surface area contributed by atoms with Crippen molar-refractivity contribution in [2.75, 3.05) is 26.7 Å². The van der Waals surface area contributed by atoms with E-state index in [1.807, 2.05) is 0 Å². The van der Waals surface area contributed by atoms with E-state index >= 15 is 0 Å². The van der Waals surface area contributed by atoms with Crippen molar-refractivity contribution in [2.24, 2.45) is 5.92 Å². The van der Waals surface area contributed by atoms with Crippen molar-refractivity contribution in [3.8, 4) is 5.75 Å². The molecule has 1 saturated carbocycles. The van der Waals surface area contributed by atoms with E-state index in [-0.39, 0.29) is 5.91 Å². The Morgan fingerprint density at radius 1 is 1.48 bits per heavy atom. The lowest BCUT2D eigenvalue weighted by Gasteiger charge is -2.30. The summed E-state index contributed by atoms with van der Waals surface area (Å²) in [5, 5.41) is 3.43. The van der Waals surface area contributed by atoms with Gasteiger partial charge in [0.15, 0.2) is 0 Å². The predicted octanol–water partition coefficient (Wildman–Crippen LogP) is 1.69. The summed E-state index contributed by atoms with van der Waals surface area (Å²) >= 11 is 0. The molecule has 0 aromatic carbocycles. The number of nitrogens with zero attached hydrogens (tertiary/aromatic N) is 2. The second kappa shape index (κ2) is 6.43. The Morgan fingerprint density at radius 3 is 3.00 bits per heavy atom. The summed E-state index contributed by atoms with van der Waals surface area (Å²) in [7, 11) is 1.58. The molecule has 5 heteroatoms. The summed E-state index contributed by atoms with van der Waals surface area (Å²) in [5.41, 5.74) is 0.628. The van der Waals surface area contributed by atoms with E-state index in [9.17, 15) is 4.79 Å². The van der Waals surface area contributed by atoms with Gasteiger partial charge in [0.05, 0.1) is 18.9 Å². The first-order valence-corrected chi connectivity index (χ1v) is 7.79. The largest absolute Gasteiger partial charge is 0.494 e. The molecule has 1 amide bonds. The van der Waals surface area contributed by atoms with Crippen molar-refractivity contribution < 1.29 is 9.53 Å². The molecule has 114 valence electrons. The number of methoxy groups -OCH3 is 1. The van der Waals surface area contributed by atoms with Crippen LogP contribution in [0.15, 0.2) is 18.5 Å². The van der Waals surface area contributed by atoms with Gasteiger partial charge in [-0.1, -0.05) is 0 Å². The molecule has 1 unspecified atom stereocenters. The first-order valence-electron chi connectivity index (χ1n) is 7.79. The van der Waals surface area contributed by atoms with Gasteiger partial charge in [0.2, 0.25) is 0 Å². The van der Waals surface area contributed by atoms with E-state index in [0.29, 0.717) is 23.3 Å². The van der Waals surface area contributed by atoms with E-state index in [1.54, 1.807) is 25.6 Å². The minimum absolute atomic E-state index is 0.0855. The summed E-state index contributed by atoms with van der Waals surface area (Å²) in [6.07, 6.45) is 7.93. The number of carbonyl (C=O) groups is 1. The first-order chi connectivity index (χ1) is 10.3. The molecule has 2 fully saturated rings. The number of amides is 1. The van der Waals surface area contributed by atoms with Crippen LogP contribution in [-0.4, -0.2) is 48.6 Å². The van der Waals surface area contributed by atoms with Gasteiger partial charge in [-0.25, -0.2) is 0 Å². The normalized spacial score (nSPS) is 21.9. The van der Waals surface area contributed by atoms with Crippen LogP contribution in [0.5, 0.6) is 5.75 Å². The van der Waals surface area contributed by atoms with Gasteiger partial charge in [-0.3, -0.25) is 9.78 Å². The van der Waals surface area contributed by atoms with Gasteiger partial charge >= 0.3 is 0 Å². The Hall–Kier alpha value is -1.62. The zero-order chi connectivity index (χ0) is 14.7. The second-order valence-electron chi connectivity index (χ2n) is 5.98. The molecule has 0 spiro atoms. The third kappa shape index (κ3) is 3.35. The Balaban J connectivity index is 1.75. The highest BCUT2D eigenvalue weighted by Gasteiger charge is 2.35. The molecule has 2 aliphatic rings.